The van der Waals surface area contributed by atoms with Crippen LogP contribution in [0, 0.1) is 0 Å². The van der Waals surface area contributed by atoms with E-state index in [4.69, 9.17) is 32.0 Å². The molecule has 134 valence electrons. The van der Waals surface area contributed by atoms with Gasteiger partial charge in [-0.2, -0.15) is 13.1 Å². The first-order valence-electron chi connectivity index (χ1n) is 8.68. The molecule has 3 fully saturated rings. The highest BCUT2D eigenvalue weighted by molar-refractivity contribution is 7.84. The monoisotopic (exact) mass is 356 g/mol. The van der Waals surface area contributed by atoms with Crippen LogP contribution in [0.25, 0.3) is 0 Å². The molecule has 3 aliphatic rings. The Hall–Kier alpha value is -0.330. The van der Waals surface area contributed by atoms with Crippen molar-refractivity contribution in [3.05, 3.63) is 0 Å². The molecule has 0 aliphatic carbocycles. The molecule has 10 heteroatoms. The van der Waals surface area contributed by atoms with Crippen molar-refractivity contribution >= 4 is 10.3 Å². The third-order valence-electron chi connectivity index (χ3n) is 3.81. The van der Waals surface area contributed by atoms with Crippen LogP contribution in [-0.2, 0) is 38.2 Å². The van der Waals surface area contributed by atoms with Crippen LogP contribution in [0.5, 0.6) is 0 Å². The maximum atomic E-state index is 11.9. The van der Waals surface area contributed by atoms with Crippen molar-refractivity contribution < 1.29 is 40.4 Å². The van der Waals surface area contributed by atoms with Crippen LogP contribution in [0.4, 0.5) is 0 Å². The molecule has 0 aromatic carbocycles. The lowest BCUT2D eigenvalue weighted by atomic mass is 9.98. The normalized spacial score (nSPS) is 44.0. The highest BCUT2D eigenvalue weighted by Gasteiger charge is 2.65. The summed E-state index contributed by atoms with van der Waals surface area (Å²) in [6.45, 7) is 3.31. The van der Waals surface area contributed by atoms with E-state index < -0.39 is 59.6 Å². The molecule has 4 atom stereocenters. The largest absolute Gasteiger partial charge is 0.343 e. The summed E-state index contributed by atoms with van der Waals surface area (Å²) in [5.41, 5.74) is 0. The highest BCUT2D eigenvalue weighted by atomic mass is 32.2. The summed E-state index contributed by atoms with van der Waals surface area (Å²) in [7, 11) is -4.56. The Balaban J connectivity index is 1.80. The first kappa shape index (κ1) is 13.9. The molecule has 0 aromatic heterocycles. The minimum atomic E-state index is -4.56. The zero-order chi connectivity index (χ0) is 19.6. The van der Waals surface area contributed by atoms with Crippen molar-refractivity contribution in [3.63, 3.8) is 0 Å². The van der Waals surface area contributed by atoms with Gasteiger partial charge in [0.15, 0.2) is 11.6 Å². The van der Waals surface area contributed by atoms with Gasteiger partial charge in [-0.05, 0) is 27.7 Å². The minimum absolute atomic E-state index is 0.0696. The molecular formula is C13H23NO8S. The van der Waals surface area contributed by atoms with Crippen molar-refractivity contribution in [1.82, 2.24) is 4.72 Å². The first-order valence-corrected chi connectivity index (χ1v) is 8.59. The van der Waals surface area contributed by atoms with E-state index in [0.717, 1.165) is 0 Å². The molecule has 23 heavy (non-hydrogen) atoms. The Morgan fingerprint density at radius 3 is 2.65 bits per heavy atom. The van der Waals surface area contributed by atoms with Crippen LogP contribution >= 0.6 is 0 Å². The fraction of sp³-hybridized carbons (Fsp3) is 1.00. The van der Waals surface area contributed by atoms with E-state index in [0.29, 0.717) is 0 Å². The molecule has 3 aliphatic heterocycles. The summed E-state index contributed by atoms with van der Waals surface area (Å²) >= 11 is 0. The van der Waals surface area contributed by atoms with Crippen LogP contribution in [0.3, 0.4) is 0 Å². The summed E-state index contributed by atoms with van der Waals surface area (Å²) in [6, 6.07) is 0. The highest BCUT2D eigenvalue weighted by Crippen LogP contribution is 2.47. The Morgan fingerprint density at radius 1 is 1.22 bits per heavy atom. The van der Waals surface area contributed by atoms with E-state index in [1.54, 1.807) is 27.7 Å². The summed E-state index contributed by atoms with van der Waals surface area (Å²) in [5, 5.41) is 0. The predicted molar refractivity (Wildman–Crippen MR) is 76.5 cm³/mol. The number of fused-ring (bicyclic) bond motifs is 3. The van der Waals surface area contributed by atoms with Gasteiger partial charge in [0.1, 0.15) is 24.9 Å². The lowest BCUT2D eigenvalue weighted by molar-refractivity contribution is -0.290. The second-order valence-corrected chi connectivity index (χ2v) is 7.97. The van der Waals surface area contributed by atoms with Gasteiger partial charge in [0.05, 0.1) is 6.61 Å². The number of ether oxygens (including phenoxy) is 5. The molecule has 3 rings (SSSR count). The van der Waals surface area contributed by atoms with Crippen LogP contribution in [0.1, 0.15) is 31.8 Å². The van der Waals surface area contributed by atoms with Crippen LogP contribution in [0.2, 0.25) is 0 Å². The van der Waals surface area contributed by atoms with Crippen LogP contribution < -0.4 is 4.72 Å². The van der Waals surface area contributed by atoms with Gasteiger partial charge in [-0.3, -0.25) is 4.18 Å². The smallest absolute Gasteiger partial charge is 0.335 e. The Kier molecular flexibility index (Phi) is 3.22. The van der Waals surface area contributed by atoms with Crippen molar-refractivity contribution in [3.8, 4) is 0 Å². The Labute approximate surface area is 140 Å². The van der Waals surface area contributed by atoms with Crippen molar-refractivity contribution in [2.24, 2.45) is 0 Å². The van der Waals surface area contributed by atoms with Crippen LogP contribution in [-0.4, -0.2) is 64.3 Å². The zero-order valence-electron chi connectivity index (χ0n) is 16.3. The third kappa shape index (κ3) is 3.27. The fourth-order valence-corrected chi connectivity index (χ4v) is 3.52. The molecule has 0 amide bonds. The lowest BCUT2D eigenvalue weighted by Crippen LogP contribution is -2.60. The predicted octanol–water partition coefficient (Wildman–Crippen LogP) is -0.135. The van der Waals surface area contributed by atoms with Gasteiger partial charge < -0.3 is 23.7 Å². The number of nitrogens with one attached hydrogen (secondary N) is 1. The molecule has 0 spiro atoms. The third-order valence-corrected chi connectivity index (χ3v) is 4.49. The average molecular weight is 356 g/mol. The molecule has 0 aromatic rings. The van der Waals surface area contributed by atoms with Gasteiger partial charge in [-0.1, -0.05) is 0 Å². The molecule has 3 saturated heterocycles. The van der Waals surface area contributed by atoms with Crippen molar-refractivity contribution in [2.45, 2.75) is 63.4 Å². The van der Waals surface area contributed by atoms with E-state index in [9.17, 15) is 8.42 Å². The van der Waals surface area contributed by atoms with E-state index >= 15 is 0 Å². The summed E-state index contributed by atoms with van der Waals surface area (Å²) in [4.78, 5) is 0. The molecular weight excluding hydrogens is 330 g/mol. The standard InChI is InChI=1S/C13H23NO8S/c1-11(2)19-8-6-17-13(7-18-23(15,16)14-5)10(9(8)20-11)21-12(3,4)22-13/h8-10,14H,6-7H2,1-5H3/t8-,9-,10+,13+/m1/s1/i5D3. The first-order chi connectivity index (χ1) is 11.6. The van der Waals surface area contributed by atoms with Crippen LogP contribution in [0.15, 0.2) is 0 Å². The van der Waals surface area contributed by atoms with Crippen molar-refractivity contribution in [1.29, 1.82) is 0 Å². The van der Waals surface area contributed by atoms with Gasteiger partial charge in [-0.15, -0.1) is 0 Å². The van der Waals surface area contributed by atoms with E-state index in [-0.39, 0.29) is 6.61 Å². The molecule has 1 N–H and O–H groups in total. The van der Waals surface area contributed by atoms with E-state index in [1.807, 2.05) is 0 Å². The van der Waals surface area contributed by atoms with Crippen molar-refractivity contribution in [2.75, 3.05) is 20.2 Å². The zero-order valence-corrected chi connectivity index (χ0v) is 14.1. The summed E-state index contributed by atoms with van der Waals surface area (Å²) < 4.78 is 80.0. The molecule has 9 nitrogen and oxygen atoms in total. The number of rotatable bonds is 4. The SMILES string of the molecule is [2H]C([2H])([2H])NS(=O)(=O)OC[C@@]12OC[C@H]3OC(C)(C)O[C@H]3[C@@H]1OC(C)(C)O2. The van der Waals surface area contributed by atoms with Gasteiger partial charge >= 0.3 is 10.3 Å². The van der Waals surface area contributed by atoms with Gasteiger partial charge in [-0.25, -0.2) is 0 Å². The maximum Gasteiger partial charge on any atom is 0.335 e. The average Bonchev–Trinajstić information content (AvgIpc) is 2.86. The Morgan fingerprint density at radius 2 is 1.96 bits per heavy atom. The quantitative estimate of drug-likeness (QED) is 0.743. The molecule has 0 bridgehead atoms. The molecule has 0 saturated carbocycles. The van der Waals surface area contributed by atoms with E-state index in [2.05, 4.69) is 0 Å². The van der Waals surface area contributed by atoms with Gasteiger partial charge in [0.25, 0.3) is 0 Å². The minimum Gasteiger partial charge on any atom is -0.343 e. The van der Waals surface area contributed by atoms with Gasteiger partial charge in [0, 0.05) is 11.1 Å². The van der Waals surface area contributed by atoms with Gasteiger partial charge in [0.2, 0.25) is 5.79 Å². The second-order valence-electron chi connectivity index (χ2n) is 6.62. The number of hydrogen-bond acceptors (Lipinski definition) is 8. The Bertz CT molecular complexity index is 667. The molecule has 0 radical (unpaired) electrons. The maximum absolute atomic E-state index is 11.9. The lowest BCUT2D eigenvalue weighted by Gasteiger charge is -2.40. The summed E-state index contributed by atoms with van der Waals surface area (Å²) in [5.74, 6) is -3.54. The summed E-state index contributed by atoms with van der Waals surface area (Å²) in [6.07, 6.45) is -1.82. The topological polar surface area (TPSA) is 102 Å². The molecule has 3 heterocycles. The van der Waals surface area contributed by atoms with E-state index in [1.165, 1.54) is 4.72 Å². The molecule has 0 unspecified atom stereocenters. The number of hydrogen-bond donors (Lipinski definition) is 1. The second kappa shape index (κ2) is 5.33. The fourth-order valence-electron chi connectivity index (χ4n) is 3.14.